The zero-order valence-electron chi connectivity index (χ0n) is 10.8. The predicted molar refractivity (Wildman–Crippen MR) is 74.1 cm³/mol. The Morgan fingerprint density at radius 2 is 2.32 bits per heavy atom. The maximum atomic E-state index is 10.5. The normalized spacial score (nSPS) is 10.5. The smallest absolute Gasteiger partial charge is 0.332 e. The van der Waals surface area contributed by atoms with E-state index in [1.807, 2.05) is 6.92 Å². The summed E-state index contributed by atoms with van der Waals surface area (Å²) in [5.74, 6) is 0.993. The lowest BCUT2D eigenvalue weighted by atomic mass is 10.2. The summed E-state index contributed by atoms with van der Waals surface area (Å²) in [5.41, 5.74) is 7.63. The monoisotopic (exact) mass is 285 g/mol. The molecule has 0 spiro atoms. The van der Waals surface area contributed by atoms with Gasteiger partial charge in [0, 0.05) is 0 Å². The van der Waals surface area contributed by atoms with E-state index in [1.54, 1.807) is 12.1 Å². The Hall–Kier alpha value is -1.95. The van der Waals surface area contributed by atoms with E-state index in [1.165, 1.54) is 13.3 Å². The quantitative estimate of drug-likeness (QED) is 0.620. The molecule has 1 aromatic carbocycles. The number of amides is 2. The number of primary amides is 1. The van der Waals surface area contributed by atoms with Crippen LogP contribution in [0, 0.1) is 0 Å². The number of nitrogens with one attached hydrogen (secondary N) is 1. The highest BCUT2D eigenvalue weighted by Crippen LogP contribution is 2.36. The van der Waals surface area contributed by atoms with Gasteiger partial charge in [0.15, 0.2) is 11.5 Å². The lowest BCUT2D eigenvalue weighted by molar-refractivity contribution is 0.249. The maximum absolute atomic E-state index is 10.5. The van der Waals surface area contributed by atoms with Gasteiger partial charge in [-0.15, -0.1) is 0 Å². The number of halogens is 1. The molecule has 0 aromatic heterocycles. The van der Waals surface area contributed by atoms with Crippen LogP contribution in [0.25, 0.3) is 0 Å². The van der Waals surface area contributed by atoms with Crippen LogP contribution >= 0.6 is 11.6 Å². The number of benzene rings is 1. The molecule has 7 heteroatoms. The van der Waals surface area contributed by atoms with E-state index in [-0.39, 0.29) is 0 Å². The number of carbonyl (C=O) groups excluding carboxylic acids is 1. The number of urea groups is 1. The summed E-state index contributed by atoms with van der Waals surface area (Å²) < 4.78 is 10.7. The Labute approximate surface area is 116 Å². The number of hydrazone groups is 1. The third-order valence-corrected chi connectivity index (χ3v) is 2.37. The second kappa shape index (κ2) is 7.48. The van der Waals surface area contributed by atoms with Gasteiger partial charge in [-0.05, 0) is 24.1 Å². The van der Waals surface area contributed by atoms with E-state index in [4.69, 9.17) is 26.8 Å². The van der Waals surface area contributed by atoms with E-state index in [0.29, 0.717) is 28.7 Å². The molecule has 0 atom stereocenters. The Kier molecular flexibility index (Phi) is 5.95. The first-order chi connectivity index (χ1) is 9.08. The summed E-state index contributed by atoms with van der Waals surface area (Å²) >= 11 is 6.11. The largest absolute Gasteiger partial charge is 0.493 e. The first-order valence-corrected chi connectivity index (χ1v) is 6.05. The molecule has 6 nitrogen and oxygen atoms in total. The Balaban J connectivity index is 2.95. The number of carbonyl (C=O) groups is 1. The van der Waals surface area contributed by atoms with Crippen LogP contribution < -0.4 is 20.6 Å². The topological polar surface area (TPSA) is 85.9 Å². The minimum atomic E-state index is -0.739. The van der Waals surface area contributed by atoms with Crippen LogP contribution in [0.4, 0.5) is 4.79 Å². The Morgan fingerprint density at radius 1 is 1.58 bits per heavy atom. The predicted octanol–water partition coefficient (Wildman–Crippen LogP) is 2.14. The molecule has 0 saturated carbocycles. The summed E-state index contributed by atoms with van der Waals surface area (Å²) in [6.07, 6.45) is 2.27. The molecular weight excluding hydrogens is 270 g/mol. The van der Waals surface area contributed by atoms with E-state index in [2.05, 4.69) is 10.5 Å². The molecule has 0 bridgehead atoms. The van der Waals surface area contributed by atoms with Gasteiger partial charge in [0.1, 0.15) is 0 Å². The van der Waals surface area contributed by atoms with Crippen LogP contribution in [-0.4, -0.2) is 26.0 Å². The maximum Gasteiger partial charge on any atom is 0.332 e. The van der Waals surface area contributed by atoms with Crippen LogP contribution in [0.5, 0.6) is 11.5 Å². The number of nitrogens with zero attached hydrogens (tertiary/aromatic N) is 1. The number of nitrogens with two attached hydrogens (primary N) is 1. The van der Waals surface area contributed by atoms with Crippen LogP contribution in [0.1, 0.15) is 18.9 Å². The first-order valence-electron chi connectivity index (χ1n) is 5.67. The summed E-state index contributed by atoms with van der Waals surface area (Å²) in [7, 11) is 1.52. The minimum absolute atomic E-state index is 0.410. The number of methoxy groups -OCH3 is 1. The number of hydrogen-bond acceptors (Lipinski definition) is 4. The molecule has 0 saturated heterocycles. The van der Waals surface area contributed by atoms with E-state index < -0.39 is 6.03 Å². The van der Waals surface area contributed by atoms with Gasteiger partial charge in [-0.2, -0.15) is 5.10 Å². The van der Waals surface area contributed by atoms with Gasteiger partial charge < -0.3 is 15.2 Å². The van der Waals surface area contributed by atoms with Crippen molar-refractivity contribution in [2.45, 2.75) is 13.3 Å². The van der Waals surface area contributed by atoms with Crippen LogP contribution in [0.2, 0.25) is 5.02 Å². The van der Waals surface area contributed by atoms with Gasteiger partial charge in [0.05, 0.1) is 25.0 Å². The van der Waals surface area contributed by atoms with Gasteiger partial charge in [-0.3, -0.25) is 0 Å². The van der Waals surface area contributed by atoms with Crippen molar-refractivity contribution in [3.63, 3.8) is 0 Å². The molecule has 104 valence electrons. The third kappa shape index (κ3) is 4.67. The molecular formula is C12H16ClN3O3. The number of ether oxygens (including phenoxy) is 2. The van der Waals surface area contributed by atoms with Crippen LogP contribution in [0.15, 0.2) is 17.2 Å². The number of rotatable bonds is 6. The van der Waals surface area contributed by atoms with Crippen molar-refractivity contribution in [2.24, 2.45) is 10.8 Å². The van der Waals surface area contributed by atoms with Crippen molar-refractivity contribution in [1.82, 2.24) is 5.43 Å². The van der Waals surface area contributed by atoms with E-state index >= 15 is 0 Å². The zero-order valence-corrected chi connectivity index (χ0v) is 11.5. The molecule has 1 rings (SSSR count). The lowest BCUT2D eigenvalue weighted by Gasteiger charge is -2.12. The van der Waals surface area contributed by atoms with Gasteiger partial charge >= 0.3 is 6.03 Å². The van der Waals surface area contributed by atoms with Crippen molar-refractivity contribution in [3.8, 4) is 11.5 Å². The second-order valence-corrected chi connectivity index (χ2v) is 4.02. The Bertz CT molecular complexity index is 478. The number of hydrogen-bond donors (Lipinski definition) is 2. The molecule has 19 heavy (non-hydrogen) atoms. The highest BCUT2D eigenvalue weighted by Gasteiger charge is 2.11. The summed E-state index contributed by atoms with van der Waals surface area (Å²) in [5, 5.41) is 4.06. The molecule has 0 aliphatic carbocycles. The fourth-order valence-corrected chi connectivity index (χ4v) is 1.60. The van der Waals surface area contributed by atoms with Gasteiger partial charge in [-0.1, -0.05) is 18.5 Å². The van der Waals surface area contributed by atoms with Gasteiger partial charge in [0.25, 0.3) is 0 Å². The van der Waals surface area contributed by atoms with Crippen molar-refractivity contribution < 1.29 is 14.3 Å². The van der Waals surface area contributed by atoms with Crippen molar-refractivity contribution in [1.29, 1.82) is 0 Å². The van der Waals surface area contributed by atoms with Gasteiger partial charge in [0.2, 0.25) is 0 Å². The molecule has 2 amide bonds. The standard InChI is InChI=1S/C12H16ClN3O3/c1-3-4-19-11-9(13)5-8(6-10(11)18-2)7-15-16-12(14)17/h5-7H,3-4H2,1-2H3,(H3,14,16,17)/b15-7-. The van der Waals surface area contributed by atoms with Crippen LogP contribution in [-0.2, 0) is 0 Å². The highest BCUT2D eigenvalue weighted by atomic mass is 35.5. The summed E-state index contributed by atoms with van der Waals surface area (Å²) in [6.45, 7) is 2.55. The molecule has 0 heterocycles. The van der Waals surface area contributed by atoms with Crippen molar-refractivity contribution in [2.75, 3.05) is 13.7 Å². The van der Waals surface area contributed by atoms with E-state index in [9.17, 15) is 4.79 Å². The SMILES string of the molecule is CCCOc1c(Cl)cc(/C=N\NC(N)=O)cc1OC. The second-order valence-electron chi connectivity index (χ2n) is 3.62. The first kappa shape index (κ1) is 15.1. The molecule has 3 N–H and O–H groups in total. The van der Waals surface area contributed by atoms with Crippen LogP contribution in [0.3, 0.4) is 0 Å². The fourth-order valence-electron chi connectivity index (χ4n) is 1.33. The molecule has 0 fully saturated rings. The summed E-state index contributed by atoms with van der Waals surface area (Å²) in [4.78, 5) is 10.5. The Morgan fingerprint density at radius 3 is 2.89 bits per heavy atom. The van der Waals surface area contributed by atoms with Crippen molar-refractivity contribution >= 4 is 23.8 Å². The summed E-state index contributed by atoms with van der Waals surface area (Å²) in [6, 6.07) is 2.61. The molecule has 0 aliphatic heterocycles. The zero-order chi connectivity index (χ0) is 14.3. The van der Waals surface area contributed by atoms with Crippen molar-refractivity contribution in [3.05, 3.63) is 22.7 Å². The molecule has 0 unspecified atom stereocenters. The highest BCUT2D eigenvalue weighted by molar-refractivity contribution is 6.32. The molecule has 1 aromatic rings. The van der Waals surface area contributed by atoms with Gasteiger partial charge in [-0.25, -0.2) is 10.2 Å². The average molecular weight is 286 g/mol. The molecule has 0 radical (unpaired) electrons. The lowest BCUT2D eigenvalue weighted by Crippen LogP contribution is -2.24. The third-order valence-electron chi connectivity index (χ3n) is 2.09. The average Bonchev–Trinajstić information content (AvgIpc) is 2.36. The molecule has 0 aliphatic rings. The fraction of sp³-hybridized carbons (Fsp3) is 0.333. The minimum Gasteiger partial charge on any atom is -0.493 e. The van der Waals surface area contributed by atoms with E-state index in [0.717, 1.165) is 6.42 Å².